The van der Waals surface area contributed by atoms with Gasteiger partial charge >= 0.3 is 11.8 Å². The summed E-state index contributed by atoms with van der Waals surface area (Å²) in [7, 11) is 0. The van der Waals surface area contributed by atoms with E-state index in [1.54, 1.807) is 18.2 Å². The Morgan fingerprint density at radius 2 is 2.12 bits per heavy atom. The fraction of sp³-hybridized carbons (Fsp3) is 0.382. The van der Waals surface area contributed by atoms with Crippen LogP contribution in [0.15, 0.2) is 42.5 Å². The number of fused-ring (bicyclic) bond motifs is 4. The van der Waals surface area contributed by atoms with Crippen LogP contribution in [0.5, 0.6) is 11.8 Å². The van der Waals surface area contributed by atoms with Crippen LogP contribution in [0.25, 0.3) is 32.8 Å². The van der Waals surface area contributed by atoms with Crippen molar-refractivity contribution in [3.63, 3.8) is 0 Å². The molecule has 2 fully saturated rings. The topological polar surface area (TPSA) is 73.5 Å². The number of phenols is 1. The quantitative estimate of drug-likeness (QED) is 0.253. The van der Waals surface area contributed by atoms with Gasteiger partial charge in [-0.2, -0.15) is 4.98 Å². The molecular weight excluding hydrogens is 548 g/mol. The summed E-state index contributed by atoms with van der Waals surface area (Å²) in [5, 5.41) is 16.0. The van der Waals surface area contributed by atoms with Gasteiger partial charge in [0.05, 0.1) is 23.2 Å². The summed E-state index contributed by atoms with van der Waals surface area (Å²) < 4.78 is 39.8. The zero-order valence-corrected chi connectivity index (χ0v) is 23.7. The molecule has 0 amide bonds. The summed E-state index contributed by atoms with van der Waals surface area (Å²) in [6.07, 6.45) is 9.16. The maximum Gasteiger partial charge on any atom is 0.434 e. The minimum Gasteiger partial charge on any atom is -0.508 e. The molecule has 0 radical (unpaired) electrons. The number of benzene rings is 3. The van der Waals surface area contributed by atoms with Crippen molar-refractivity contribution in [3.05, 3.63) is 53.8 Å². The van der Waals surface area contributed by atoms with Crippen molar-refractivity contribution < 1.29 is 23.2 Å². The number of alkyl halides is 1. The smallest absolute Gasteiger partial charge is 0.434 e. The number of aromatic nitrogens is 2. The summed E-state index contributed by atoms with van der Waals surface area (Å²) in [5.74, 6) is 2.81. The zero-order valence-electron chi connectivity index (χ0n) is 23.7. The van der Waals surface area contributed by atoms with Gasteiger partial charge in [-0.25, -0.2) is 13.4 Å². The van der Waals surface area contributed by atoms with Crippen molar-refractivity contribution in [2.45, 2.75) is 49.9 Å². The molecule has 8 rings (SSSR count). The Hall–Kier alpha value is -4.13. The summed E-state index contributed by atoms with van der Waals surface area (Å²) in [6, 6.07) is 12.5. The molecule has 0 aliphatic carbocycles. The Balaban J connectivity index is 1.30. The van der Waals surface area contributed by atoms with Crippen molar-refractivity contribution in [1.82, 2.24) is 20.2 Å². The third-order valence-corrected chi connectivity index (χ3v) is 9.81. The van der Waals surface area contributed by atoms with Crippen LogP contribution in [-0.2, 0) is 0 Å². The molecule has 5 heterocycles. The first-order valence-electron chi connectivity index (χ1n) is 15.0. The lowest BCUT2D eigenvalue weighted by molar-refractivity contribution is -0.480. The molecular formula is C34H32F2N5O2+. The maximum absolute atomic E-state index is 16.8. The highest BCUT2D eigenvalue weighted by Gasteiger charge is 2.49. The predicted octanol–water partition coefficient (Wildman–Crippen LogP) is 5.08. The molecule has 1 unspecified atom stereocenters. The monoisotopic (exact) mass is 580 g/mol. The van der Waals surface area contributed by atoms with Gasteiger partial charge in [0.15, 0.2) is 5.82 Å². The van der Waals surface area contributed by atoms with E-state index in [1.165, 1.54) is 5.71 Å². The van der Waals surface area contributed by atoms with Crippen molar-refractivity contribution in [3.8, 4) is 35.2 Å². The average Bonchev–Trinajstić information content (AvgIpc) is 3.61. The van der Waals surface area contributed by atoms with E-state index in [2.05, 4.69) is 25.7 Å². The van der Waals surface area contributed by atoms with Crippen molar-refractivity contribution >= 4 is 33.2 Å². The van der Waals surface area contributed by atoms with Crippen molar-refractivity contribution in [2.24, 2.45) is 0 Å². The fourth-order valence-electron chi connectivity index (χ4n) is 7.89. The van der Waals surface area contributed by atoms with E-state index in [-0.39, 0.29) is 41.0 Å². The van der Waals surface area contributed by atoms with Gasteiger partial charge in [-0.3, -0.25) is 4.90 Å². The van der Waals surface area contributed by atoms with E-state index in [0.29, 0.717) is 46.1 Å². The molecule has 9 heteroatoms. The SMILES string of the molecule is C#Cc1cccc2cc(O)cc(-c3ccc4c([N+]5=C6CCC5CNC6)nc(OC[C@@]56CCCN5C[C@H](F)C6)nc4c3F)c12. The highest BCUT2D eigenvalue weighted by Crippen LogP contribution is 2.42. The molecule has 1 aromatic heterocycles. The standard InChI is InChI=1S/C34H31F2N5O2/c1-2-20-5-3-6-21-13-25(42)14-28(29(20)21)26-9-10-27-31(30(26)36)38-33(39-32(27)41-23-7-8-24(41)17-37-16-23)43-19-34-11-4-12-40(34)18-22(35)15-34/h1,3,5-6,9-10,13-14,22-23,37H,4,7-8,11-12,15-19H2/p+1/t22-,23?,34+/m1/s1. The first kappa shape index (κ1) is 26.5. The number of aromatic hydroxyl groups is 1. The zero-order chi connectivity index (χ0) is 29.3. The number of terminal acetylenes is 1. The highest BCUT2D eigenvalue weighted by atomic mass is 19.1. The molecule has 43 heavy (non-hydrogen) atoms. The van der Waals surface area contributed by atoms with E-state index < -0.39 is 12.0 Å². The van der Waals surface area contributed by atoms with E-state index in [4.69, 9.17) is 16.1 Å². The van der Waals surface area contributed by atoms with E-state index in [0.717, 1.165) is 45.3 Å². The van der Waals surface area contributed by atoms with E-state index in [9.17, 15) is 9.50 Å². The van der Waals surface area contributed by atoms with Crippen molar-refractivity contribution in [2.75, 3.05) is 32.8 Å². The third kappa shape index (κ3) is 4.19. The molecule has 2 saturated heterocycles. The van der Waals surface area contributed by atoms with Crippen LogP contribution in [0.4, 0.5) is 14.6 Å². The summed E-state index contributed by atoms with van der Waals surface area (Å²) >= 11 is 0. The maximum atomic E-state index is 16.8. The molecule has 4 aromatic rings. The molecule has 0 spiro atoms. The van der Waals surface area contributed by atoms with Gasteiger partial charge in [0.25, 0.3) is 0 Å². The van der Waals surface area contributed by atoms with Gasteiger partial charge in [0.2, 0.25) is 0 Å². The Bertz CT molecular complexity index is 1880. The molecule has 3 aromatic carbocycles. The molecule has 4 aliphatic heterocycles. The van der Waals surface area contributed by atoms with Gasteiger partial charge in [0.1, 0.15) is 30.1 Å². The second-order valence-corrected chi connectivity index (χ2v) is 12.3. The van der Waals surface area contributed by atoms with Crippen LogP contribution in [0.3, 0.4) is 0 Å². The molecule has 0 saturated carbocycles. The number of halogens is 2. The number of nitrogens with zero attached hydrogens (tertiary/aromatic N) is 4. The molecule has 2 bridgehead atoms. The first-order chi connectivity index (χ1) is 20.9. The first-order valence-corrected chi connectivity index (χ1v) is 15.0. The largest absolute Gasteiger partial charge is 0.508 e. The van der Waals surface area contributed by atoms with Crippen molar-refractivity contribution in [1.29, 1.82) is 0 Å². The molecule has 3 atom stereocenters. The van der Waals surface area contributed by atoms with Gasteiger partial charge in [-0.05, 0) is 61.0 Å². The minimum absolute atomic E-state index is 0.0143. The second kappa shape index (κ2) is 9.97. The minimum atomic E-state index is -0.880. The normalized spacial score (nSPS) is 25.0. The van der Waals surface area contributed by atoms with E-state index in [1.807, 2.05) is 24.3 Å². The van der Waals surface area contributed by atoms with Crippen LogP contribution in [0.2, 0.25) is 0 Å². The average molecular weight is 581 g/mol. The van der Waals surface area contributed by atoms with Gasteiger partial charge in [0, 0.05) is 47.4 Å². The molecule has 218 valence electrons. The van der Waals surface area contributed by atoms with Gasteiger partial charge in [-0.1, -0.05) is 24.1 Å². The van der Waals surface area contributed by atoms with Crippen LogP contribution in [-0.4, -0.2) is 80.8 Å². The summed E-state index contributed by atoms with van der Waals surface area (Å²) in [6.45, 7) is 3.09. The van der Waals surface area contributed by atoms with Gasteiger partial charge < -0.3 is 15.2 Å². The lowest BCUT2D eigenvalue weighted by Crippen LogP contribution is -2.43. The van der Waals surface area contributed by atoms with Crippen LogP contribution < -0.4 is 10.1 Å². The highest BCUT2D eigenvalue weighted by molar-refractivity contribution is 6.03. The number of hydrogen-bond donors (Lipinski definition) is 2. The predicted molar refractivity (Wildman–Crippen MR) is 161 cm³/mol. The Kier molecular flexibility index (Phi) is 6.14. The molecule has 7 nitrogen and oxygen atoms in total. The number of hydrogen-bond acceptors (Lipinski definition) is 6. The molecule has 2 N–H and O–H groups in total. The lowest BCUT2D eigenvalue weighted by Gasteiger charge is -2.30. The number of rotatable bonds is 5. The van der Waals surface area contributed by atoms with Crippen LogP contribution in [0.1, 0.15) is 37.7 Å². The van der Waals surface area contributed by atoms with Crippen LogP contribution >= 0.6 is 0 Å². The molecule has 4 aliphatic rings. The summed E-state index contributed by atoms with van der Waals surface area (Å²) in [5.41, 5.74) is 2.34. The Morgan fingerprint density at radius 3 is 2.98 bits per heavy atom. The number of ether oxygens (including phenoxy) is 1. The Labute approximate surface area is 248 Å². The number of phenolic OH excluding ortho intramolecular Hbond substituents is 1. The Morgan fingerprint density at radius 1 is 1.21 bits per heavy atom. The lowest BCUT2D eigenvalue weighted by atomic mass is 9.93. The van der Waals surface area contributed by atoms with Crippen LogP contribution in [0, 0.1) is 18.2 Å². The van der Waals surface area contributed by atoms with Gasteiger partial charge in [-0.15, -0.1) is 6.42 Å². The summed E-state index contributed by atoms with van der Waals surface area (Å²) in [4.78, 5) is 11.7. The second-order valence-electron chi connectivity index (χ2n) is 12.3. The third-order valence-electron chi connectivity index (χ3n) is 9.81. The fourth-order valence-corrected chi connectivity index (χ4v) is 7.89. The van der Waals surface area contributed by atoms with E-state index >= 15 is 4.39 Å². The number of nitrogens with one attached hydrogen (secondary N) is 1.